The summed E-state index contributed by atoms with van der Waals surface area (Å²) < 4.78 is 0. The molecule has 0 atom stereocenters. The molecule has 2 aromatic heterocycles. The van der Waals surface area contributed by atoms with Crippen molar-refractivity contribution < 1.29 is 19.8 Å². The molecule has 4 heteroatoms. The van der Waals surface area contributed by atoms with Crippen molar-refractivity contribution in [1.82, 2.24) is 9.97 Å². The predicted octanol–water partition coefficient (Wildman–Crippen LogP) is 1.72. The van der Waals surface area contributed by atoms with E-state index in [1.165, 1.54) is 0 Å². The van der Waals surface area contributed by atoms with Crippen LogP contribution in [-0.2, 0) is 19.8 Å². The number of nitrogens with two attached hydrogens (primary N) is 1. The van der Waals surface area contributed by atoms with Gasteiger partial charge in [-0.05, 0) is 24.3 Å². The third kappa shape index (κ3) is 2.15. The van der Waals surface area contributed by atoms with Gasteiger partial charge in [-0.3, -0.25) is 9.97 Å². The first-order valence-electron chi connectivity index (χ1n) is 4.00. The fraction of sp³-hybridized carbons (Fsp3) is 0. The number of aromatic nitrogens is 2. The first-order chi connectivity index (χ1) is 6.38. The summed E-state index contributed by atoms with van der Waals surface area (Å²) in [5.74, 6) is 0. The Labute approximate surface area is 95.4 Å². The maximum atomic E-state index is 5.75. The van der Waals surface area contributed by atoms with Crippen LogP contribution in [0, 0.1) is 0 Å². The van der Waals surface area contributed by atoms with Crippen molar-refractivity contribution in [3.8, 4) is 11.4 Å². The van der Waals surface area contributed by atoms with Crippen LogP contribution >= 0.6 is 0 Å². The standard InChI is InChI=1S/C10H9N3.Os/c11-8-4-3-7-13-10(8)9-5-1-2-6-12-9;/h1-7H,11H2;. The molecule has 0 aliphatic carbocycles. The van der Waals surface area contributed by atoms with Crippen LogP contribution < -0.4 is 5.73 Å². The summed E-state index contributed by atoms with van der Waals surface area (Å²) in [5.41, 5.74) is 7.95. The van der Waals surface area contributed by atoms with Gasteiger partial charge in [-0.25, -0.2) is 0 Å². The molecule has 3 nitrogen and oxygen atoms in total. The minimum Gasteiger partial charge on any atom is -0.397 e. The van der Waals surface area contributed by atoms with E-state index in [0.29, 0.717) is 5.69 Å². The van der Waals surface area contributed by atoms with Crippen LogP contribution in [0.4, 0.5) is 5.69 Å². The van der Waals surface area contributed by atoms with Crippen molar-refractivity contribution in [3.63, 3.8) is 0 Å². The Hall–Kier alpha value is -1.26. The van der Waals surface area contributed by atoms with E-state index in [2.05, 4.69) is 9.97 Å². The third-order valence-corrected chi connectivity index (χ3v) is 1.75. The fourth-order valence-corrected chi connectivity index (χ4v) is 1.13. The van der Waals surface area contributed by atoms with Gasteiger partial charge in [0.15, 0.2) is 0 Å². The molecule has 0 aliphatic heterocycles. The van der Waals surface area contributed by atoms with E-state index >= 15 is 0 Å². The number of hydrogen-bond acceptors (Lipinski definition) is 3. The van der Waals surface area contributed by atoms with Gasteiger partial charge in [0.2, 0.25) is 0 Å². The molecule has 0 aromatic carbocycles. The van der Waals surface area contributed by atoms with E-state index in [1.54, 1.807) is 12.4 Å². The third-order valence-electron chi connectivity index (χ3n) is 1.75. The largest absolute Gasteiger partial charge is 0.397 e. The van der Waals surface area contributed by atoms with Crippen molar-refractivity contribution in [2.45, 2.75) is 0 Å². The van der Waals surface area contributed by atoms with E-state index in [1.807, 2.05) is 30.3 Å². The van der Waals surface area contributed by atoms with Crippen molar-refractivity contribution >= 4 is 5.69 Å². The number of pyridine rings is 2. The zero-order valence-electron chi connectivity index (χ0n) is 7.37. The van der Waals surface area contributed by atoms with Crippen molar-refractivity contribution in [3.05, 3.63) is 42.7 Å². The van der Waals surface area contributed by atoms with Crippen LogP contribution in [0.1, 0.15) is 0 Å². The van der Waals surface area contributed by atoms with Gasteiger partial charge in [0, 0.05) is 32.2 Å². The van der Waals surface area contributed by atoms with Crippen LogP contribution in [0.3, 0.4) is 0 Å². The quantitative estimate of drug-likeness (QED) is 0.842. The van der Waals surface area contributed by atoms with Gasteiger partial charge < -0.3 is 5.73 Å². The Morgan fingerprint density at radius 3 is 2.36 bits per heavy atom. The number of nitrogen functional groups attached to an aromatic ring is 1. The molecule has 2 aromatic rings. The second-order valence-corrected chi connectivity index (χ2v) is 2.66. The zero-order chi connectivity index (χ0) is 9.10. The number of anilines is 1. The van der Waals surface area contributed by atoms with Gasteiger partial charge >= 0.3 is 0 Å². The summed E-state index contributed by atoms with van der Waals surface area (Å²) in [6.45, 7) is 0. The molecule has 14 heavy (non-hydrogen) atoms. The Balaban J connectivity index is 0.000000980. The van der Waals surface area contributed by atoms with Crippen LogP contribution in [0.25, 0.3) is 11.4 Å². The molecule has 0 radical (unpaired) electrons. The maximum Gasteiger partial charge on any atom is 0.111 e. The average molecular weight is 361 g/mol. The SMILES string of the molecule is Nc1cccnc1-c1ccccn1.[Os]. The molecule has 0 bridgehead atoms. The van der Waals surface area contributed by atoms with Gasteiger partial charge in [0.1, 0.15) is 5.69 Å². The Bertz CT molecular complexity index is 403. The molecule has 2 N–H and O–H groups in total. The van der Waals surface area contributed by atoms with Crippen molar-refractivity contribution in [1.29, 1.82) is 0 Å². The van der Waals surface area contributed by atoms with E-state index < -0.39 is 0 Å². The number of nitrogens with zero attached hydrogens (tertiary/aromatic N) is 2. The average Bonchev–Trinajstić information content (AvgIpc) is 2.20. The van der Waals surface area contributed by atoms with Crippen LogP contribution in [-0.4, -0.2) is 9.97 Å². The summed E-state index contributed by atoms with van der Waals surface area (Å²) in [6.07, 6.45) is 3.43. The van der Waals surface area contributed by atoms with Crippen molar-refractivity contribution in [2.75, 3.05) is 5.73 Å². The Kier molecular flexibility index (Phi) is 3.73. The molecular weight excluding hydrogens is 352 g/mol. The van der Waals surface area contributed by atoms with Crippen LogP contribution in [0.15, 0.2) is 42.7 Å². The van der Waals surface area contributed by atoms with Gasteiger partial charge in [-0.15, -0.1) is 0 Å². The Morgan fingerprint density at radius 1 is 0.929 bits per heavy atom. The molecule has 0 amide bonds. The van der Waals surface area contributed by atoms with E-state index in [0.717, 1.165) is 11.4 Å². The first kappa shape index (κ1) is 10.8. The van der Waals surface area contributed by atoms with Gasteiger partial charge in [0.05, 0.1) is 11.4 Å². The molecule has 2 heterocycles. The number of hydrogen-bond donors (Lipinski definition) is 1. The molecular formula is C10H9N3Os. The normalized spacial score (nSPS) is 9.14. The molecule has 0 aliphatic rings. The maximum absolute atomic E-state index is 5.75. The minimum atomic E-state index is 0. The molecule has 0 fully saturated rings. The van der Waals surface area contributed by atoms with Crippen LogP contribution in [0.2, 0.25) is 0 Å². The topological polar surface area (TPSA) is 51.8 Å². The summed E-state index contributed by atoms with van der Waals surface area (Å²) >= 11 is 0. The monoisotopic (exact) mass is 363 g/mol. The molecule has 2 rings (SSSR count). The minimum absolute atomic E-state index is 0. The summed E-state index contributed by atoms with van der Waals surface area (Å²) in [6, 6.07) is 9.29. The summed E-state index contributed by atoms with van der Waals surface area (Å²) in [4.78, 5) is 8.33. The van der Waals surface area contributed by atoms with E-state index in [9.17, 15) is 0 Å². The molecule has 0 saturated carbocycles. The fourth-order valence-electron chi connectivity index (χ4n) is 1.13. The van der Waals surface area contributed by atoms with E-state index in [4.69, 9.17) is 5.73 Å². The molecule has 0 saturated heterocycles. The van der Waals surface area contributed by atoms with Gasteiger partial charge in [-0.1, -0.05) is 6.07 Å². The second kappa shape index (κ2) is 4.83. The first-order valence-corrected chi connectivity index (χ1v) is 4.00. The van der Waals surface area contributed by atoms with Crippen LogP contribution in [0.5, 0.6) is 0 Å². The van der Waals surface area contributed by atoms with Gasteiger partial charge in [-0.2, -0.15) is 0 Å². The molecule has 0 unspecified atom stereocenters. The molecule has 72 valence electrons. The molecule has 0 spiro atoms. The summed E-state index contributed by atoms with van der Waals surface area (Å²) in [5, 5.41) is 0. The van der Waals surface area contributed by atoms with E-state index in [-0.39, 0.29) is 19.8 Å². The smallest absolute Gasteiger partial charge is 0.111 e. The predicted molar refractivity (Wildman–Crippen MR) is 51.9 cm³/mol. The second-order valence-electron chi connectivity index (χ2n) is 2.66. The van der Waals surface area contributed by atoms with Crippen molar-refractivity contribution in [2.24, 2.45) is 0 Å². The zero-order valence-corrected chi connectivity index (χ0v) is 9.91. The summed E-state index contributed by atoms with van der Waals surface area (Å²) in [7, 11) is 0. The van der Waals surface area contributed by atoms with Gasteiger partial charge in [0.25, 0.3) is 0 Å². The number of rotatable bonds is 1. The Morgan fingerprint density at radius 2 is 1.71 bits per heavy atom.